The van der Waals surface area contributed by atoms with Gasteiger partial charge < -0.3 is 19.9 Å². The van der Waals surface area contributed by atoms with Crippen LogP contribution in [0, 0.1) is 5.92 Å². The van der Waals surface area contributed by atoms with Gasteiger partial charge in [0.05, 0.1) is 19.3 Å². The molecule has 0 spiro atoms. The van der Waals surface area contributed by atoms with Gasteiger partial charge in [-0.25, -0.2) is 4.79 Å². The standard InChI is InChI=1S/C12H21N3O3/c1-9(2)11(16)13-10-7-15(8-10)12(17)14-3-5-18-6-4-14/h9-10H,3-8H2,1-2H3,(H,13,16). The number of nitrogens with one attached hydrogen (secondary N) is 1. The van der Waals surface area contributed by atoms with Crippen molar-refractivity contribution in [2.45, 2.75) is 19.9 Å². The second-order valence-corrected chi connectivity index (χ2v) is 5.15. The number of rotatable bonds is 2. The predicted molar refractivity (Wildman–Crippen MR) is 66.1 cm³/mol. The Morgan fingerprint density at radius 3 is 2.33 bits per heavy atom. The van der Waals surface area contributed by atoms with Gasteiger partial charge in [0.2, 0.25) is 5.91 Å². The lowest BCUT2D eigenvalue weighted by Crippen LogP contribution is -2.64. The van der Waals surface area contributed by atoms with Gasteiger partial charge >= 0.3 is 6.03 Å². The maximum atomic E-state index is 12.0. The monoisotopic (exact) mass is 255 g/mol. The summed E-state index contributed by atoms with van der Waals surface area (Å²) in [5.41, 5.74) is 0. The van der Waals surface area contributed by atoms with Gasteiger partial charge in [-0.2, -0.15) is 0 Å². The third kappa shape index (κ3) is 2.93. The van der Waals surface area contributed by atoms with Crippen LogP contribution in [0.1, 0.15) is 13.8 Å². The van der Waals surface area contributed by atoms with Crippen LogP contribution in [0.15, 0.2) is 0 Å². The van der Waals surface area contributed by atoms with Crippen molar-refractivity contribution in [3.8, 4) is 0 Å². The van der Waals surface area contributed by atoms with Crippen LogP contribution in [0.2, 0.25) is 0 Å². The average Bonchev–Trinajstić information content (AvgIpc) is 2.33. The molecule has 0 atom stereocenters. The normalized spacial score (nSPS) is 20.8. The molecule has 2 fully saturated rings. The largest absolute Gasteiger partial charge is 0.378 e. The third-order valence-corrected chi connectivity index (χ3v) is 3.30. The lowest BCUT2D eigenvalue weighted by atomic mass is 10.1. The Labute approximate surface area is 107 Å². The maximum Gasteiger partial charge on any atom is 0.320 e. The van der Waals surface area contributed by atoms with Crippen LogP contribution in [-0.2, 0) is 9.53 Å². The van der Waals surface area contributed by atoms with Crippen LogP contribution >= 0.6 is 0 Å². The lowest BCUT2D eigenvalue weighted by molar-refractivity contribution is -0.125. The highest BCUT2D eigenvalue weighted by atomic mass is 16.5. The molecule has 2 heterocycles. The average molecular weight is 255 g/mol. The first-order valence-corrected chi connectivity index (χ1v) is 6.50. The van der Waals surface area contributed by atoms with Crippen molar-refractivity contribution in [1.29, 1.82) is 0 Å². The molecule has 3 amide bonds. The fourth-order valence-corrected chi connectivity index (χ4v) is 2.05. The summed E-state index contributed by atoms with van der Waals surface area (Å²) in [6.07, 6.45) is 0. The molecule has 2 rings (SSSR count). The van der Waals surface area contributed by atoms with Gasteiger partial charge in [0.25, 0.3) is 0 Å². The zero-order valence-electron chi connectivity index (χ0n) is 11.0. The Bertz CT molecular complexity index is 321. The quantitative estimate of drug-likeness (QED) is 0.749. The molecule has 2 saturated heterocycles. The number of hydrogen-bond acceptors (Lipinski definition) is 3. The van der Waals surface area contributed by atoms with Crippen molar-refractivity contribution in [3.63, 3.8) is 0 Å². The molecule has 0 aromatic carbocycles. The van der Waals surface area contributed by atoms with Crippen LogP contribution in [0.5, 0.6) is 0 Å². The Kier molecular flexibility index (Phi) is 4.06. The van der Waals surface area contributed by atoms with Crippen molar-refractivity contribution in [1.82, 2.24) is 15.1 Å². The summed E-state index contributed by atoms with van der Waals surface area (Å²) in [7, 11) is 0. The third-order valence-electron chi connectivity index (χ3n) is 3.30. The van der Waals surface area contributed by atoms with E-state index in [-0.39, 0.29) is 23.9 Å². The molecule has 2 aliphatic rings. The van der Waals surface area contributed by atoms with Crippen LogP contribution in [0.4, 0.5) is 4.79 Å². The highest BCUT2D eigenvalue weighted by Gasteiger charge is 2.34. The van der Waals surface area contributed by atoms with Crippen LogP contribution in [-0.4, -0.2) is 67.2 Å². The second kappa shape index (κ2) is 5.56. The molecule has 0 radical (unpaired) electrons. The number of hydrogen-bond donors (Lipinski definition) is 1. The van der Waals surface area contributed by atoms with Gasteiger partial charge in [0, 0.05) is 32.1 Å². The SMILES string of the molecule is CC(C)C(=O)NC1CN(C(=O)N2CCOCC2)C1. The number of likely N-dealkylation sites (tertiary alicyclic amines) is 1. The van der Waals surface area contributed by atoms with E-state index < -0.39 is 0 Å². The Morgan fingerprint density at radius 2 is 1.78 bits per heavy atom. The highest BCUT2D eigenvalue weighted by molar-refractivity contribution is 5.79. The number of amides is 3. The van der Waals surface area contributed by atoms with E-state index in [4.69, 9.17) is 4.74 Å². The molecule has 2 aliphatic heterocycles. The molecular weight excluding hydrogens is 234 g/mol. The van der Waals surface area contributed by atoms with E-state index in [2.05, 4.69) is 5.32 Å². The molecule has 0 saturated carbocycles. The Hall–Kier alpha value is -1.30. The predicted octanol–water partition coefficient (Wildman–Crippen LogP) is -0.105. The van der Waals surface area contributed by atoms with Crippen molar-refractivity contribution < 1.29 is 14.3 Å². The van der Waals surface area contributed by atoms with Gasteiger partial charge in [0.1, 0.15) is 0 Å². The molecule has 6 nitrogen and oxygen atoms in total. The second-order valence-electron chi connectivity index (χ2n) is 5.15. The van der Waals surface area contributed by atoms with Crippen molar-refractivity contribution in [2.24, 2.45) is 5.92 Å². The minimum absolute atomic E-state index is 0.00556. The first kappa shape index (κ1) is 13.1. The van der Waals surface area contributed by atoms with Crippen molar-refractivity contribution in [2.75, 3.05) is 39.4 Å². The van der Waals surface area contributed by atoms with Crippen LogP contribution in [0.3, 0.4) is 0 Å². The molecule has 1 N–H and O–H groups in total. The molecule has 0 unspecified atom stereocenters. The van der Waals surface area contributed by atoms with Crippen LogP contribution in [0.25, 0.3) is 0 Å². The molecular formula is C12H21N3O3. The molecule has 18 heavy (non-hydrogen) atoms. The van der Waals surface area contributed by atoms with E-state index in [1.165, 1.54) is 0 Å². The Balaban J connectivity index is 1.71. The fourth-order valence-electron chi connectivity index (χ4n) is 2.05. The number of carbonyl (C=O) groups excluding carboxylic acids is 2. The van der Waals surface area contributed by atoms with E-state index >= 15 is 0 Å². The molecule has 0 aromatic rings. The minimum Gasteiger partial charge on any atom is -0.378 e. The van der Waals surface area contributed by atoms with E-state index in [0.29, 0.717) is 39.4 Å². The van der Waals surface area contributed by atoms with Gasteiger partial charge in [-0.15, -0.1) is 0 Å². The summed E-state index contributed by atoms with van der Waals surface area (Å²) >= 11 is 0. The van der Waals surface area contributed by atoms with Crippen LogP contribution < -0.4 is 5.32 Å². The van der Waals surface area contributed by atoms with Gasteiger partial charge in [-0.3, -0.25) is 4.79 Å². The summed E-state index contributed by atoms with van der Waals surface area (Å²) in [4.78, 5) is 27.1. The summed E-state index contributed by atoms with van der Waals surface area (Å²) in [5.74, 6) is 0.0486. The summed E-state index contributed by atoms with van der Waals surface area (Å²) in [5, 5.41) is 2.93. The number of nitrogens with zero attached hydrogens (tertiary/aromatic N) is 2. The molecule has 0 aliphatic carbocycles. The van der Waals surface area contributed by atoms with E-state index in [1.807, 2.05) is 18.7 Å². The first-order chi connectivity index (χ1) is 8.58. The lowest BCUT2D eigenvalue weighted by Gasteiger charge is -2.43. The molecule has 102 valence electrons. The van der Waals surface area contributed by atoms with E-state index in [0.717, 1.165) is 0 Å². The molecule has 6 heteroatoms. The highest BCUT2D eigenvalue weighted by Crippen LogP contribution is 2.13. The minimum atomic E-state index is -0.00556. The van der Waals surface area contributed by atoms with E-state index in [1.54, 1.807) is 4.90 Å². The smallest absolute Gasteiger partial charge is 0.320 e. The number of morpholine rings is 1. The summed E-state index contributed by atoms with van der Waals surface area (Å²) in [6.45, 7) is 7.54. The zero-order valence-corrected chi connectivity index (χ0v) is 11.0. The Morgan fingerprint density at radius 1 is 1.17 bits per heavy atom. The summed E-state index contributed by atoms with van der Waals surface area (Å²) in [6, 6.07) is 0.179. The number of carbonyl (C=O) groups is 2. The number of urea groups is 1. The fraction of sp³-hybridized carbons (Fsp3) is 0.833. The maximum absolute atomic E-state index is 12.0. The first-order valence-electron chi connectivity index (χ1n) is 6.50. The topological polar surface area (TPSA) is 61.9 Å². The van der Waals surface area contributed by atoms with Crippen molar-refractivity contribution >= 4 is 11.9 Å². The van der Waals surface area contributed by atoms with Gasteiger partial charge in [-0.1, -0.05) is 13.8 Å². The van der Waals surface area contributed by atoms with Gasteiger partial charge in [-0.05, 0) is 0 Å². The zero-order chi connectivity index (χ0) is 13.1. The van der Waals surface area contributed by atoms with E-state index in [9.17, 15) is 9.59 Å². The molecule has 0 bridgehead atoms. The molecule has 0 aromatic heterocycles. The van der Waals surface area contributed by atoms with Crippen molar-refractivity contribution in [3.05, 3.63) is 0 Å². The summed E-state index contributed by atoms with van der Waals surface area (Å²) < 4.78 is 5.21. The number of ether oxygens (including phenoxy) is 1. The van der Waals surface area contributed by atoms with Gasteiger partial charge in [0.15, 0.2) is 0 Å².